The molecule has 0 bridgehead atoms. The van der Waals surface area contributed by atoms with Gasteiger partial charge in [0.1, 0.15) is 25.2 Å². The highest BCUT2D eigenvalue weighted by molar-refractivity contribution is 7.89. The minimum atomic E-state index is -3.80. The van der Waals surface area contributed by atoms with Crippen molar-refractivity contribution in [1.29, 1.82) is 0 Å². The van der Waals surface area contributed by atoms with Crippen LogP contribution >= 0.6 is 0 Å². The van der Waals surface area contributed by atoms with Crippen LogP contribution in [0.3, 0.4) is 0 Å². The van der Waals surface area contributed by atoms with Gasteiger partial charge in [-0.25, -0.2) is 18.4 Å². The van der Waals surface area contributed by atoms with Gasteiger partial charge in [0.15, 0.2) is 23.1 Å². The summed E-state index contributed by atoms with van der Waals surface area (Å²) in [6.07, 6.45) is 1.26. The van der Waals surface area contributed by atoms with E-state index in [9.17, 15) is 8.42 Å². The molecule has 30 heavy (non-hydrogen) atoms. The van der Waals surface area contributed by atoms with Gasteiger partial charge >= 0.3 is 0 Å². The number of hydrogen-bond acceptors (Lipinski definition) is 9. The van der Waals surface area contributed by atoms with Gasteiger partial charge < -0.3 is 20.5 Å². The van der Waals surface area contributed by atoms with Gasteiger partial charge in [-0.3, -0.25) is 5.43 Å². The molecule has 0 fully saturated rings. The summed E-state index contributed by atoms with van der Waals surface area (Å²) in [6, 6.07) is 11.8. The molecule has 3 aromatic rings. The van der Waals surface area contributed by atoms with E-state index < -0.39 is 10.0 Å². The Kier molecular flexibility index (Phi) is 5.29. The smallest absolute Gasteiger partial charge is 0.257 e. The molecule has 1 aliphatic heterocycles. The van der Waals surface area contributed by atoms with Gasteiger partial charge in [-0.1, -0.05) is 17.7 Å². The van der Waals surface area contributed by atoms with Crippen LogP contribution in [0.4, 0.5) is 23.0 Å². The van der Waals surface area contributed by atoms with Crippen LogP contribution in [-0.4, -0.2) is 31.6 Å². The van der Waals surface area contributed by atoms with Crippen LogP contribution in [0.2, 0.25) is 0 Å². The van der Waals surface area contributed by atoms with Crippen LogP contribution in [-0.2, 0) is 10.0 Å². The lowest BCUT2D eigenvalue weighted by Crippen LogP contribution is -2.30. The highest BCUT2D eigenvalue weighted by atomic mass is 32.2. The molecular weight excluding hydrogens is 408 g/mol. The van der Waals surface area contributed by atoms with E-state index in [1.165, 1.54) is 18.5 Å². The monoisotopic (exact) mass is 428 g/mol. The van der Waals surface area contributed by atoms with Gasteiger partial charge in [-0.2, -0.15) is 0 Å². The quantitative estimate of drug-likeness (QED) is 0.435. The number of hydrogen-bond donors (Lipinski definition) is 4. The van der Waals surface area contributed by atoms with Crippen molar-refractivity contribution in [2.24, 2.45) is 0 Å². The van der Waals surface area contributed by atoms with Crippen molar-refractivity contribution in [2.75, 3.05) is 29.7 Å². The molecule has 2 heterocycles. The lowest BCUT2D eigenvalue weighted by atomic mass is 10.2. The number of anilines is 4. The van der Waals surface area contributed by atoms with Gasteiger partial charge in [0, 0.05) is 11.8 Å². The van der Waals surface area contributed by atoms with Crippen molar-refractivity contribution in [2.45, 2.75) is 11.8 Å². The Balaban J connectivity index is 1.50. The molecule has 1 aromatic heterocycles. The van der Waals surface area contributed by atoms with E-state index in [0.717, 1.165) is 5.56 Å². The number of nitrogen functional groups attached to an aromatic ring is 1. The van der Waals surface area contributed by atoms with E-state index in [1.807, 2.05) is 6.92 Å². The molecule has 10 nitrogen and oxygen atoms in total. The number of hydrazine groups is 1. The first-order valence-corrected chi connectivity index (χ1v) is 10.5. The van der Waals surface area contributed by atoms with Gasteiger partial charge in [0.2, 0.25) is 0 Å². The standard InChI is InChI=1S/C19H20N6O4S/c1-12-2-5-14(6-3-12)30(26,27)25-24-19-17(20)18(21-11-22-19)23-13-4-7-15-16(10-13)29-9-8-28-15/h2-7,10-11,25H,8-9,20H2,1H3,(H2,21,22,23,24). The molecule has 0 radical (unpaired) electrons. The van der Waals surface area contributed by atoms with Crippen molar-refractivity contribution in [3.05, 3.63) is 54.4 Å². The number of nitrogens with one attached hydrogen (secondary N) is 3. The Bertz CT molecular complexity index is 1170. The minimum absolute atomic E-state index is 0.112. The van der Waals surface area contributed by atoms with Crippen molar-refractivity contribution < 1.29 is 17.9 Å². The third kappa shape index (κ3) is 4.21. The molecule has 11 heteroatoms. The average molecular weight is 428 g/mol. The summed E-state index contributed by atoms with van der Waals surface area (Å²) in [5.41, 5.74) is 10.4. The third-order valence-corrected chi connectivity index (χ3v) is 5.59. The molecule has 0 unspecified atom stereocenters. The normalized spacial score (nSPS) is 13.0. The van der Waals surface area contributed by atoms with E-state index in [4.69, 9.17) is 15.2 Å². The Hall–Kier alpha value is -3.57. The Morgan fingerprint density at radius 3 is 2.43 bits per heavy atom. The number of aryl methyl sites for hydroxylation is 1. The molecule has 1 aliphatic rings. The Labute approximate surface area is 173 Å². The molecule has 4 rings (SSSR count). The Morgan fingerprint density at radius 2 is 1.67 bits per heavy atom. The van der Waals surface area contributed by atoms with Gasteiger partial charge in [-0.15, -0.1) is 4.83 Å². The fourth-order valence-electron chi connectivity index (χ4n) is 2.74. The van der Waals surface area contributed by atoms with Crippen LogP contribution in [0.15, 0.2) is 53.7 Å². The summed E-state index contributed by atoms with van der Waals surface area (Å²) < 4.78 is 35.9. The number of nitrogens with zero attached hydrogens (tertiary/aromatic N) is 2. The maximum Gasteiger partial charge on any atom is 0.257 e. The summed E-state index contributed by atoms with van der Waals surface area (Å²) in [4.78, 5) is 10.5. The second kappa shape index (κ2) is 8.05. The van der Waals surface area contributed by atoms with Crippen LogP contribution in [0.1, 0.15) is 5.56 Å². The molecule has 0 saturated heterocycles. The van der Waals surface area contributed by atoms with Crippen molar-refractivity contribution in [3.63, 3.8) is 0 Å². The molecule has 0 amide bonds. The van der Waals surface area contributed by atoms with E-state index in [2.05, 4.69) is 25.5 Å². The first-order valence-electron chi connectivity index (χ1n) is 9.04. The molecular formula is C19H20N6O4S. The zero-order valence-corrected chi connectivity index (χ0v) is 16.9. The topological polar surface area (TPSA) is 140 Å². The molecule has 0 aliphatic carbocycles. The summed E-state index contributed by atoms with van der Waals surface area (Å²) in [7, 11) is -3.80. The van der Waals surface area contributed by atoms with E-state index in [-0.39, 0.29) is 16.4 Å². The molecule has 2 aromatic carbocycles. The zero-order valence-electron chi connectivity index (χ0n) is 16.0. The average Bonchev–Trinajstić information content (AvgIpc) is 2.74. The lowest BCUT2D eigenvalue weighted by Gasteiger charge is -2.19. The van der Waals surface area contributed by atoms with Crippen LogP contribution in [0, 0.1) is 6.92 Å². The molecule has 156 valence electrons. The fraction of sp³-hybridized carbons (Fsp3) is 0.158. The molecule has 5 N–H and O–H groups in total. The largest absolute Gasteiger partial charge is 0.486 e. The van der Waals surface area contributed by atoms with Crippen LogP contribution in [0.25, 0.3) is 0 Å². The van der Waals surface area contributed by atoms with Crippen LogP contribution < -0.4 is 30.8 Å². The number of nitrogens with two attached hydrogens (primary N) is 1. The number of rotatable bonds is 6. The van der Waals surface area contributed by atoms with E-state index >= 15 is 0 Å². The van der Waals surface area contributed by atoms with Gasteiger partial charge in [0.05, 0.1) is 4.90 Å². The van der Waals surface area contributed by atoms with Crippen LogP contribution in [0.5, 0.6) is 11.5 Å². The predicted octanol–water partition coefficient (Wildman–Crippen LogP) is 2.19. The summed E-state index contributed by atoms with van der Waals surface area (Å²) in [5.74, 6) is 1.69. The molecule has 0 spiro atoms. The maximum absolute atomic E-state index is 12.4. The van der Waals surface area contributed by atoms with Crippen molar-refractivity contribution >= 4 is 33.0 Å². The second-order valence-corrected chi connectivity index (χ2v) is 8.19. The van der Waals surface area contributed by atoms with E-state index in [1.54, 1.807) is 30.3 Å². The number of sulfonamides is 1. The van der Waals surface area contributed by atoms with Crippen molar-refractivity contribution in [3.8, 4) is 11.5 Å². The number of aromatic nitrogens is 2. The summed E-state index contributed by atoms with van der Waals surface area (Å²) >= 11 is 0. The first kappa shape index (κ1) is 19.7. The fourth-order valence-corrected chi connectivity index (χ4v) is 3.59. The van der Waals surface area contributed by atoms with Gasteiger partial charge in [-0.05, 0) is 31.2 Å². The summed E-state index contributed by atoms with van der Waals surface area (Å²) in [6.45, 7) is 2.85. The number of ether oxygens (including phenoxy) is 2. The summed E-state index contributed by atoms with van der Waals surface area (Å²) in [5, 5.41) is 3.07. The van der Waals surface area contributed by atoms with E-state index in [0.29, 0.717) is 36.2 Å². The zero-order chi connectivity index (χ0) is 21.1. The van der Waals surface area contributed by atoms with Gasteiger partial charge in [0.25, 0.3) is 10.0 Å². The van der Waals surface area contributed by atoms with Crippen molar-refractivity contribution in [1.82, 2.24) is 14.8 Å². The third-order valence-electron chi connectivity index (χ3n) is 4.32. The highest BCUT2D eigenvalue weighted by Crippen LogP contribution is 2.34. The minimum Gasteiger partial charge on any atom is -0.486 e. The molecule has 0 saturated carbocycles. The predicted molar refractivity (Wildman–Crippen MR) is 112 cm³/mol. The number of benzene rings is 2. The second-order valence-electron chi connectivity index (χ2n) is 6.51. The SMILES string of the molecule is Cc1ccc(S(=O)(=O)NNc2ncnc(Nc3ccc4c(c3)OCCO4)c2N)cc1. The maximum atomic E-state index is 12.4. The Morgan fingerprint density at radius 1 is 0.967 bits per heavy atom. The highest BCUT2D eigenvalue weighted by Gasteiger charge is 2.16. The number of fused-ring (bicyclic) bond motifs is 1. The lowest BCUT2D eigenvalue weighted by molar-refractivity contribution is 0.171. The molecule has 0 atom stereocenters. The first-order chi connectivity index (χ1) is 14.4.